The van der Waals surface area contributed by atoms with Crippen LogP contribution in [0.4, 0.5) is 5.69 Å². The van der Waals surface area contributed by atoms with Crippen LogP contribution in [0.15, 0.2) is 70.8 Å². The van der Waals surface area contributed by atoms with E-state index in [0.717, 1.165) is 10.9 Å². The normalized spacial score (nSPS) is 11.4. The van der Waals surface area contributed by atoms with Crippen molar-refractivity contribution in [2.75, 3.05) is 5.32 Å². The highest BCUT2D eigenvalue weighted by Crippen LogP contribution is 2.31. The van der Waals surface area contributed by atoms with Gasteiger partial charge in [-0.05, 0) is 66.2 Å². The minimum Gasteiger partial charge on any atom is -0.355 e. The van der Waals surface area contributed by atoms with E-state index < -0.39 is 5.91 Å². The third-order valence-electron chi connectivity index (χ3n) is 4.40. The van der Waals surface area contributed by atoms with Crippen LogP contribution < -0.4 is 5.32 Å². The largest absolute Gasteiger partial charge is 0.355 e. The zero-order valence-corrected chi connectivity index (χ0v) is 18.0. The van der Waals surface area contributed by atoms with Gasteiger partial charge in [-0.1, -0.05) is 46.0 Å². The number of hydrogen-bond donors (Lipinski definition) is 1. The van der Waals surface area contributed by atoms with Crippen molar-refractivity contribution in [2.45, 2.75) is 0 Å². The molecule has 0 aliphatic carbocycles. The Morgan fingerprint density at radius 3 is 2.35 bits per heavy atom. The average Bonchev–Trinajstić information content (AvgIpc) is 3.15. The Labute approximate surface area is 192 Å². The topological polar surface area (TPSA) is 78.9 Å². The Morgan fingerprint density at radius 1 is 0.968 bits per heavy atom. The number of anilines is 1. The minimum atomic E-state index is -0.579. The van der Waals surface area contributed by atoms with Crippen molar-refractivity contribution < 1.29 is 9.32 Å². The average molecular weight is 469 g/mol. The summed E-state index contributed by atoms with van der Waals surface area (Å²) in [5, 5.41) is 18.3. The van der Waals surface area contributed by atoms with Crippen LogP contribution in [0.2, 0.25) is 15.1 Å². The zero-order valence-electron chi connectivity index (χ0n) is 15.7. The molecule has 1 heterocycles. The van der Waals surface area contributed by atoms with Gasteiger partial charge in [0.2, 0.25) is 0 Å². The van der Waals surface area contributed by atoms with Crippen molar-refractivity contribution in [2.24, 2.45) is 0 Å². The van der Waals surface area contributed by atoms with Crippen LogP contribution in [-0.4, -0.2) is 11.1 Å². The summed E-state index contributed by atoms with van der Waals surface area (Å²) >= 11 is 17.9. The highest BCUT2D eigenvalue weighted by Gasteiger charge is 2.14. The van der Waals surface area contributed by atoms with Gasteiger partial charge in [0.15, 0.2) is 5.76 Å². The molecule has 0 atom stereocenters. The van der Waals surface area contributed by atoms with Crippen molar-refractivity contribution in [1.82, 2.24) is 5.16 Å². The van der Waals surface area contributed by atoms with Crippen molar-refractivity contribution in [3.05, 3.63) is 86.9 Å². The van der Waals surface area contributed by atoms with Gasteiger partial charge in [0.05, 0.1) is 5.39 Å². The van der Waals surface area contributed by atoms with Crippen LogP contribution >= 0.6 is 34.8 Å². The smallest absolute Gasteiger partial charge is 0.266 e. The molecular weight excluding hydrogens is 457 g/mol. The highest BCUT2D eigenvalue weighted by molar-refractivity contribution is 6.35. The predicted molar refractivity (Wildman–Crippen MR) is 123 cm³/mol. The summed E-state index contributed by atoms with van der Waals surface area (Å²) in [6.07, 6.45) is 1.49. The van der Waals surface area contributed by atoms with Gasteiger partial charge in [-0.25, -0.2) is 0 Å². The van der Waals surface area contributed by atoms with E-state index in [0.29, 0.717) is 37.6 Å². The molecule has 1 aromatic heterocycles. The van der Waals surface area contributed by atoms with Crippen LogP contribution in [0, 0.1) is 11.3 Å². The predicted octanol–water partition coefficient (Wildman–Crippen LogP) is 7.00. The monoisotopic (exact) mass is 467 g/mol. The van der Waals surface area contributed by atoms with Gasteiger partial charge in [-0.15, -0.1) is 0 Å². The molecule has 152 valence electrons. The maximum absolute atomic E-state index is 12.6. The van der Waals surface area contributed by atoms with Crippen molar-refractivity contribution in [3.8, 4) is 17.4 Å². The first-order valence-electron chi connectivity index (χ1n) is 8.97. The second-order valence-corrected chi connectivity index (χ2v) is 7.89. The lowest BCUT2D eigenvalue weighted by atomic mass is 10.0. The van der Waals surface area contributed by atoms with Crippen molar-refractivity contribution in [1.29, 1.82) is 5.26 Å². The first-order valence-corrected chi connectivity index (χ1v) is 10.1. The molecule has 0 aliphatic heterocycles. The fourth-order valence-corrected chi connectivity index (χ4v) is 3.65. The molecule has 0 bridgehead atoms. The lowest BCUT2D eigenvalue weighted by Gasteiger charge is -2.06. The molecule has 4 aromatic rings. The fourth-order valence-electron chi connectivity index (χ4n) is 3.00. The summed E-state index contributed by atoms with van der Waals surface area (Å²) < 4.78 is 5.49. The van der Waals surface area contributed by atoms with E-state index >= 15 is 0 Å². The summed E-state index contributed by atoms with van der Waals surface area (Å²) in [6, 6.07) is 19.0. The van der Waals surface area contributed by atoms with E-state index in [1.807, 2.05) is 18.2 Å². The minimum absolute atomic E-state index is 0.0834. The number of hydrogen-bond acceptors (Lipinski definition) is 4. The molecule has 0 saturated heterocycles. The van der Waals surface area contributed by atoms with E-state index in [1.54, 1.807) is 48.5 Å². The summed E-state index contributed by atoms with van der Waals surface area (Å²) in [5.41, 5.74) is 2.41. The van der Waals surface area contributed by atoms with Crippen molar-refractivity contribution in [3.63, 3.8) is 0 Å². The second kappa shape index (κ2) is 8.83. The summed E-state index contributed by atoms with van der Waals surface area (Å²) in [7, 11) is 0. The second-order valence-electron chi connectivity index (χ2n) is 6.58. The molecule has 4 rings (SSSR count). The molecule has 1 N–H and O–H groups in total. The lowest BCUT2D eigenvalue weighted by Crippen LogP contribution is -2.13. The van der Waals surface area contributed by atoms with Crippen LogP contribution in [0.25, 0.3) is 28.3 Å². The van der Waals surface area contributed by atoms with E-state index in [-0.39, 0.29) is 5.57 Å². The van der Waals surface area contributed by atoms with Gasteiger partial charge in [0, 0.05) is 26.3 Å². The molecule has 8 heteroatoms. The van der Waals surface area contributed by atoms with Crippen LogP contribution in [0.1, 0.15) is 5.56 Å². The van der Waals surface area contributed by atoms with Gasteiger partial charge >= 0.3 is 0 Å². The first kappa shape index (κ1) is 21.0. The van der Waals surface area contributed by atoms with Gasteiger partial charge < -0.3 is 9.84 Å². The number of halogens is 3. The van der Waals surface area contributed by atoms with Gasteiger partial charge in [-0.3, -0.25) is 4.79 Å². The SMILES string of the molecule is N#C/C(=C\c1ccc2noc(-c3ccc(Cl)cc3)c2c1)C(=O)Nc1cc(Cl)cc(Cl)c1. The Hall–Kier alpha value is -3.30. The Balaban J connectivity index is 1.66. The third-order valence-corrected chi connectivity index (χ3v) is 5.09. The maximum Gasteiger partial charge on any atom is 0.266 e. The van der Waals surface area contributed by atoms with Gasteiger partial charge in [-0.2, -0.15) is 5.26 Å². The quantitative estimate of drug-likeness (QED) is 0.258. The number of carbonyl (C=O) groups excluding carboxylic acids is 1. The zero-order chi connectivity index (χ0) is 22.0. The Bertz CT molecular complexity index is 1350. The molecule has 0 aliphatic rings. The molecule has 0 spiro atoms. The summed E-state index contributed by atoms with van der Waals surface area (Å²) in [5.74, 6) is -0.0115. The fraction of sp³-hybridized carbons (Fsp3) is 0. The van der Waals surface area contributed by atoms with E-state index in [9.17, 15) is 10.1 Å². The first-order chi connectivity index (χ1) is 14.9. The third kappa shape index (κ3) is 4.73. The van der Waals surface area contributed by atoms with Crippen molar-refractivity contribution >= 4 is 63.4 Å². The number of nitrogens with zero attached hydrogens (tertiary/aromatic N) is 2. The highest BCUT2D eigenvalue weighted by atomic mass is 35.5. The molecule has 31 heavy (non-hydrogen) atoms. The molecular formula is C23H12Cl3N3O2. The molecule has 0 unspecified atom stereocenters. The molecule has 0 fully saturated rings. The summed E-state index contributed by atoms with van der Waals surface area (Å²) in [6.45, 7) is 0. The number of amides is 1. The van der Waals surface area contributed by atoms with E-state index in [2.05, 4.69) is 10.5 Å². The molecule has 0 saturated carbocycles. The number of fused-ring (bicyclic) bond motifs is 1. The van der Waals surface area contributed by atoms with E-state index in [1.165, 1.54) is 6.08 Å². The van der Waals surface area contributed by atoms with Gasteiger partial charge in [0.25, 0.3) is 5.91 Å². The number of nitrogens with one attached hydrogen (secondary N) is 1. The number of rotatable bonds is 4. The number of benzene rings is 3. The van der Waals surface area contributed by atoms with Crippen LogP contribution in [-0.2, 0) is 4.79 Å². The number of nitriles is 1. The van der Waals surface area contributed by atoms with Gasteiger partial charge in [0.1, 0.15) is 17.2 Å². The maximum atomic E-state index is 12.6. The lowest BCUT2D eigenvalue weighted by molar-refractivity contribution is -0.112. The van der Waals surface area contributed by atoms with Crippen LogP contribution in [0.3, 0.4) is 0 Å². The summed E-state index contributed by atoms with van der Waals surface area (Å²) in [4.78, 5) is 12.6. The molecule has 3 aromatic carbocycles. The Morgan fingerprint density at radius 2 is 1.68 bits per heavy atom. The number of aromatic nitrogens is 1. The molecule has 1 amide bonds. The number of carbonyl (C=O) groups is 1. The molecule has 0 radical (unpaired) electrons. The molecule has 5 nitrogen and oxygen atoms in total. The van der Waals surface area contributed by atoms with Crippen LogP contribution in [0.5, 0.6) is 0 Å². The Kier molecular flexibility index (Phi) is 5.97. The van der Waals surface area contributed by atoms with E-state index in [4.69, 9.17) is 39.3 Å². The standard InChI is InChI=1S/C23H12Cl3N3O2/c24-16-4-2-14(3-5-16)22-20-8-13(1-6-21(20)29-31-22)7-15(12-27)23(30)28-19-10-17(25)9-18(26)11-19/h1-11H,(H,28,30)/b15-7+.